The fraction of sp³-hybridized carbons (Fsp3) is 0. The van der Waals surface area contributed by atoms with Crippen LogP contribution in [0.2, 0.25) is 0 Å². The van der Waals surface area contributed by atoms with Gasteiger partial charge in [-0.05, 0) is 22.8 Å². The summed E-state index contributed by atoms with van der Waals surface area (Å²) in [7, 11) is 0. The molecule has 0 saturated carbocycles. The van der Waals surface area contributed by atoms with Gasteiger partial charge >= 0.3 is 0 Å². The summed E-state index contributed by atoms with van der Waals surface area (Å²) in [6, 6.07) is 2.34. The maximum Gasteiger partial charge on any atom is 0.283 e. The van der Waals surface area contributed by atoms with Crippen LogP contribution in [0.25, 0.3) is 10.4 Å². The quantitative estimate of drug-likeness (QED) is 0.245. The van der Waals surface area contributed by atoms with Gasteiger partial charge in [0, 0.05) is 4.91 Å². The Balaban J connectivity index is 3.34. The molecule has 8 heteroatoms. The van der Waals surface area contributed by atoms with Crippen LogP contribution in [0.4, 0.5) is 10.1 Å². The van der Waals surface area contributed by atoms with Crippen LogP contribution in [0.3, 0.4) is 0 Å². The number of hydrogen-bond acceptors (Lipinski definition) is 3. The van der Waals surface area contributed by atoms with E-state index in [4.69, 9.17) is 5.53 Å². The Morgan fingerprint density at radius 1 is 1.60 bits per heavy atom. The Morgan fingerprint density at radius 3 is 2.80 bits per heavy atom. The molecule has 0 bridgehead atoms. The Bertz CT molecular complexity index is 481. The predicted octanol–water partition coefficient (Wildman–Crippen LogP) is 2.18. The number of amides is 1. The van der Waals surface area contributed by atoms with Gasteiger partial charge in [0.25, 0.3) is 11.6 Å². The van der Waals surface area contributed by atoms with Gasteiger partial charge in [0.05, 0.1) is 11.0 Å². The van der Waals surface area contributed by atoms with Crippen molar-refractivity contribution in [2.75, 3.05) is 0 Å². The SMILES string of the molecule is [N-]=[N+]=NC(=O)c1ccc(F)cc1[N+](=O)[O-]. The fourth-order valence-corrected chi connectivity index (χ4v) is 0.931. The topological polar surface area (TPSA) is 109 Å². The highest BCUT2D eigenvalue weighted by atomic mass is 19.1. The first-order valence-electron chi connectivity index (χ1n) is 3.59. The van der Waals surface area contributed by atoms with Gasteiger partial charge in [0.15, 0.2) is 0 Å². The lowest BCUT2D eigenvalue weighted by Crippen LogP contribution is -2.01. The molecule has 1 aromatic rings. The standard InChI is InChI=1S/C7H3FN4O3/c8-4-1-2-5(7(13)10-11-9)6(3-4)12(14)15/h1-3H. The van der Waals surface area contributed by atoms with Crippen molar-refractivity contribution in [3.8, 4) is 0 Å². The van der Waals surface area contributed by atoms with E-state index in [0.717, 1.165) is 12.1 Å². The van der Waals surface area contributed by atoms with E-state index in [-0.39, 0.29) is 0 Å². The van der Waals surface area contributed by atoms with Gasteiger partial charge in [-0.1, -0.05) is 0 Å². The van der Waals surface area contributed by atoms with E-state index in [0.29, 0.717) is 6.07 Å². The average molecular weight is 210 g/mol. The summed E-state index contributed by atoms with van der Waals surface area (Å²) in [4.78, 5) is 22.7. The lowest BCUT2D eigenvalue weighted by atomic mass is 10.1. The minimum Gasteiger partial charge on any atom is -0.287 e. The molecular weight excluding hydrogens is 207 g/mol. The third kappa shape index (κ3) is 2.26. The normalized spacial score (nSPS) is 9.13. The zero-order chi connectivity index (χ0) is 11.4. The largest absolute Gasteiger partial charge is 0.287 e. The summed E-state index contributed by atoms with van der Waals surface area (Å²) in [5.74, 6) is -1.97. The smallest absolute Gasteiger partial charge is 0.283 e. The molecule has 15 heavy (non-hydrogen) atoms. The highest BCUT2D eigenvalue weighted by molar-refractivity contribution is 5.98. The highest BCUT2D eigenvalue weighted by Gasteiger charge is 2.19. The Hall–Kier alpha value is -2.47. The molecule has 0 heterocycles. The molecule has 76 valence electrons. The molecule has 0 spiro atoms. The zero-order valence-corrected chi connectivity index (χ0v) is 7.12. The third-order valence-corrected chi connectivity index (χ3v) is 1.52. The maximum atomic E-state index is 12.6. The monoisotopic (exact) mass is 210 g/mol. The molecule has 0 saturated heterocycles. The molecule has 0 N–H and O–H groups in total. The van der Waals surface area contributed by atoms with Crippen molar-refractivity contribution in [3.05, 3.63) is 50.1 Å². The van der Waals surface area contributed by atoms with Crippen LogP contribution in [-0.2, 0) is 0 Å². The van der Waals surface area contributed by atoms with Crippen molar-refractivity contribution >= 4 is 11.6 Å². The number of carbonyl (C=O) groups excluding carboxylic acids is 1. The van der Waals surface area contributed by atoms with Crippen molar-refractivity contribution in [3.63, 3.8) is 0 Å². The van der Waals surface area contributed by atoms with Crippen LogP contribution in [0.15, 0.2) is 23.3 Å². The van der Waals surface area contributed by atoms with Gasteiger partial charge in [-0.25, -0.2) is 4.39 Å². The molecule has 1 rings (SSSR count). The van der Waals surface area contributed by atoms with Crippen molar-refractivity contribution in [2.24, 2.45) is 5.11 Å². The van der Waals surface area contributed by atoms with E-state index >= 15 is 0 Å². The van der Waals surface area contributed by atoms with E-state index < -0.39 is 27.9 Å². The van der Waals surface area contributed by atoms with Crippen LogP contribution in [0.1, 0.15) is 10.4 Å². The number of benzene rings is 1. The summed E-state index contributed by atoms with van der Waals surface area (Å²) >= 11 is 0. The van der Waals surface area contributed by atoms with Crippen molar-refractivity contribution in [1.29, 1.82) is 0 Å². The van der Waals surface area contributed by atoms with Crippen molar-refractivity contribution < 1.29 is 14.1 Å². The third-order valence-electron chi connectivity index (χ3n) is 1.52. The van der Waals surface area contributed by atoms with E-state index in [1.54, 1.807) is 0 Å². The first kappa shape index (κ1) is 10.6. The van der Waals surface area contributed by atoms with Crippen LogP contribution in [-0.4, -0.2) is 10.8 Å². The van der Waals surface area contributed by atoms with Gasteiger partial charge in [0.2, 0.25) is 0 Å². The summed E-state index contributed by atoms with van der Waals surface area (Å²) in [6.07, 6.45) is 0. The minimum absolute atomic E-state index is 0.445. The fourth-order valence-electron chi connectivity index (χ4n) is 0.931. The molecule has 0 aliphatic rings. The lowest BCUT2D eigenvalue weighted by molar-refractivity contribution is -0.385. The molecule has 0 fully saturated rings. The second-order valence-electron chi connectivity index (χ2n) is 2.41. The second-order valence-corrected chi connectivity index (χ2v) is 2.41. The van der Waals surface area contributed by atoms with Crippen LogP contribution in [0, 0.1) is 15.9 Å². The summed E-state index contributed by atoms with van der Waals surface area (Å²) in [6.45, 7) is 0. The number of azide groups is 1. The molecule has 1 aromatic carbocycles. The van der Waals surface area contributed by atoms with Crippen LogP contribution in [0.5, 0.6) is 0 Å². The lowest BCUT2D eigenvalue weighted by Gasteiger charge is -1.97. The number of nitrogens with zero attached hydrogens (tertiary/aromatic N) is 4. The Kier molecular flexibility index (Phi) is 2.94. The summed E-state index contributed by atoms with van der Waals surface area (Å²) in [5, 5.41) is 13.1. The first-order chi connectivity index (χ1) is 7.06. The molecule has 0 atom stereocenters. The van der Waals surface area contributed by atoms with Crippen molar-refractivity contribution in [1.82, 2.24) is 0 Å². The molecule has 1 amide bonds. The Labute approximate surface area is 81.9 Å². The van der Waals surface area contributed by atoms with Gasteiger partial charge in [-0.2, -0.15) is 0 Å². The molecule has 7 nitrogen and oxygen atoms in total. The van der Waals surface area contributed by atoms with Gasteiger partial charge in [-0.15, -0.1) is 0 Å². The number of nitro benzene ring substituents is 1. The summed E-state index contributed by atoms with van der Waals surface area (Å²) in [5.41, 5.74) is 6.80. The van der Waals surface area contributed by atoms with E-state index in [9.17, 15) is 19.3 Å². The molecule has 0 radical (unpaired) electrons. The second kappa shape index (κ2) is 4.16. The molecule has 0 aliphatic heterocycles. The van der Waals surface area contributed by atoms with Crippen LogP contribution >= 0.6 is 0 Å². The van der Waals surface area contributed by atoms with Crippen molar-refractivity contribution in [2.45, 2.75) is 0 Å². The maximum absolute atomic E-state index is 12.6. The highest BCUT2D eigenvalue weighted by Crippen LogP contribution is 2.20. The molecular formula is C7H3FN4O3. The number of halogens is 1. The van der Waals surface area contributed by atoms with Gasteiger partial charge in [-0.3, -0.25) is 14.9 Å². The van der Waals surface area contributed by atoms with E-state index in [1.807, 2.05) is 0 Å². The zero-order valence-electron chi connectivity index (χ0n) is 7.12. The van der Waals surface area contributed by atoms with E-state index in [1.165, 1.54) is 0 Å². The number of rotatable bonds is 2. The number of carbonyl (C=O) groups is 1. The first-order valence-corrected chi connectivity index (χ1v) is 3.59. The van der Waals surface area contributed by atoms with Gasteiger partial charge < -0.3 is 0 Å². The predicted molar refractivity (Wildman–Crippen MR) is 46.5 cm³/mol. The minimum atomic E-state index is -1.12. The van der Waals surface area contributed by atoms with Crippen LogP contribution < -0.4 is 0 Å². The molecule has 0 unspecified atom stereocenters. The number of nitro groups is 1. The summed E-state index contributed by atoms with van der Waals surface area (Å²) < 4.78 is 12.6. The molecule has 0 aromatic heterocycles. The van der Waals surface area contributed by atoms with E-state index in [2.05, 4.69) is 10.0 Å². The Morgan fingerprint density at radius 2 is 2.27 bits per heavy atom. The average Bonchev–Trinajstić information content (AvgIpc) is 2.17. The number of hydrogen-bond donors (Lipinski definition) is 0. The molecule has 0 aliphatic carbocycles. The van der Waals surface area contributed by atoms with Gasteiger partial charge in [0.1, 0.15) is 11.4 Å².